The fraction of sp³-hybridized carbons (Fsp3) is 0.275. The number of aliphatic hydroxyl groups is 1. The van der Waals surface area contributed by atoms with Crippen molar-refractivity contribution in [2.45, 2.75) is 31.5 Å². The van der Waals surface area contributed by atoms with Gasteiger partial charge in [0.15, 0.2) is 0 Å². The van der Waals surface area contributed by atoms with Gasteiger partial charge in [-0.1, -0.05) is 66.7 Å². The molecule has 1 unspecified atom stereocenters. The van der Waals surface area contributed by atoms with Crippen molar-refractivity contribution in [1.29, 1.82) is 0 Å². The molecule has 2 heterocycles. The van der Waals surface area contributed by atoms with Crippen molar-refractivity contribution >= 4 is 28.6 Å². The predicted molar refractivity (Wildman–Crippen MR) is 198 cm³/mol. The fourth-order valence-electron chi connectivity index (χ4n) is 6.39. The number of ether oxygens (including phenoxy) is 1. The van der Waals surface area contributed by atoms with Gasteiger partial charge in [0.25, 0.3) is 5.91 Å². The first-order valence-corrected chi connectivity index (χ1v) is 17.3. The summed E-state index contributed by atoms with van der Waals surface area (Å²) in [6, 6.07) is 31.2. The number of carbonyl (C=O) groups excluding carboxylic acids is 2. The smallest absolute Gasteiger partial charge is 0.411 e. The largest absolute Gasteiger partial charge is 0.506 e. The Labute approximate surface area is 296 Å². The van der Waals surface area contributed by atoms with Crippen LogP contribution in [-0.4, -0.2) is 77.5 Å². The molecule has 1 aliphatic heterocycles. The Bertz CT molecular complexity index is 1990. The minimum absolute atomic E-state index is 0.0451. The van der Waals surface area contributed by atoms with E-state index in [0.717, 1.165) is 42.6 Å². The molecule has 6 N–H and O–H groups in total. The second kappa shape index (κ2) is 16.9. The van der Waals surface area contributed by atoms with E-state index in [9.17, 15) is 24.6 Å². The summed E-state index contributed by atoms with van der Waals surface area (Å²) in [5.74, 6) is -0.174. The first kappa shape index (κ1) is 35.3. The first-order chi connectivity index (χ1) is 24.8. The summed E-state index contributed by atoms with van der Waals surface area (Å²) in [6.45, 7) is 3.69. The van der Waals surface area contributed by atoms with Crippen LogP contribution in [0.2, 0.25) is 0 Å². The van der Waals surface area contributed by atoms with E-state index in [4.69, 9.17) is 4.74 Å². The maximum atomic E-state index is 12.8. The number of phenols is 1. The average Bonchev–Trinajstić information content (AvgIpc) is 3.15. The molecule has 264 valence electrons. The van der Waals surface area contributed by atoms with Crippen LogP contribution in [-0.2, 0) is 11.2 Å². The number of hydrogen-bond donors (Lipinski definition) is 6. The molecule has 1 saturated heterocycles. The number of carbonyl (C=O) groups is 2. The predicted octanol–water partition coefficient (Wildman–Crippen LogP) is 5.21. The number of anilines is 1. The van der Waals surface area contributed by atoms with Crippen LogP contribution < -0.4 is 21.5 Å². The Balaban J connectivity index is 0.867. The number of nitrogens with zero attached hydrogens (tertiary/aromatic N) is 1. The zero-order valence-corrected chi connectivity index (χ0v) is 28.3. The van der Waals surface area contributed by atoms with Gasteiger partial charge >= 0.3 is 6.09 Å². The number of piperidine rings is 1. The number of amides is 2. The Morgan fingerprint density at radius 3 is 2.41 bits per heavy atom. The van der Waals surface area contributed by atoms with Crippen molar-refractivity contribution in [2.75, 3.05) is 44.6 Å². The van der Waals surface area contributed by atoms with Crippen molar-refractivity contribution in [1.82, 2.24) is 20.5 Å². The van der Waals surface area contributed by atoms with Crippen LogP contribution in [0.4, 0.5) is 10.5 Å². The number of H-pyrrole nitrogens is 1. The molecule has 0 radical (unpaired) electrons. The summed E-state index contributed by atoms with van der Waals surface area (Å²) in [6.07, 6.45) is 0.724. The van der Waals surface area contributed by atoms with Gasteiger partial charge in [-0.25, -0.2) is 4.79 Å². The number of fused-ring (bicyclic) bond motifs is 1. The van der Waals surface area contributed by atoms with Gasteiger partial charge in [0.1, 0.15) is 11.9 Å². The van der Waals surface area contributed by atoms with E-state index < -0.39 is 12.2 Å². The topological polar surface area (TPSA) is 156 Å². The summed E-state index contributed by atoms with van der Waals surface area (Å²) in [5.41, 5.74) is 4.91. The number of phenolic OH excluding ortho intramolecular Hbond substituents is 1. The van der Waals surface area contributed by atoms with Gasteiger partial charge in [-0.05, 0) is 72.8 Å². The molecule has 0 aliphatic carbocycles. The van der Waals surface area contributed by atoms with Crippen LogP contribution in [0.1, 0.15) is 40.4 Å². The number of pyridine rings is 1. The molecule has 4 aromatic carbocycles. The Morgan fingerprint density at radius 2 is 1.63 bits per heavy atom. The van der Waals surface area contributed by atoms with E-state index in [1.807, 2.05) is 78.9 Å². The number of aromatic amines is 1. The lowest BCUT2D eigenvalue weighted by atomic mass is 10.0. The fourth-order valence-corrected chi connectivity index (χ4v) is 6.39. The number of rotatable bonds is 13. The van der Waals surface area contributed by atoms with Crippen molar-refractivity contribution in [3.63, 3.8) is 0 Å². The van der Waals surface area contributed by atoms with E-state index in [-0.39, 0.29) is 23.3 Å². The Morgan fingerprint density at radius 1 is 0.882 bits per heavy atom. The maximum Gasteiger partial charge on any atom is 0.411 e. The third kappa shape index (κ3) is 9.40. The molecule has 11 nitrogen and oxygen atoms in total. The molecular formula is C40H43N5O6. The second-order valence-corrected chi connectivity index (χ2v) is 12.7. The molecule has 51 heavy (non-hydrogen) atoms. The minimum atomic E-state index is -0.828. The monoisotopic (exact) mass is 689 g/mol. The quantitative estimate of drug-likeness (QED) is 0.0921. The zero-order valence-electron chi connectivity index (χ0n) is 28.3. The molecule has 0 saturated carbocycles. The van der Waals surface area contributed by atoms with Crippen LogP contribution in [0, 0.1) is 0 Å². The number of para-hydroxylation sites is 1. The van der Waals surface area contributed by atoms with E-state index >= 15 is 0 Å². The van der Waals surface area contributed by atoms with Crippen LogP contribution in [0.15, 0.2) is 108 Å². The molecule has 2 amide bonds. The Hall–Kier alpha value is -5.49. The lowest BCUT2D eigenvalue weighted by Gasteiger charge is -2.31. The lowest BCUT2D eigenvalue weighted by Crippen LogP contribution is -2.42. The summed E-state index contributed by atoms with van der Waals surface area (Å²) in [5, 5.41) is 30.6. The van der Waals surface area contributed by atoms with Crippen molar-refractivity contribution < 1.29 is 24.5 Å². The molecule has 1 aromatic heterocycles. The highest BCUT2D eigenvalue weighted by Crippen LogP contribution is 2.29. The second-order valence-electron chi connectivity index (χ2n) is 12.7. The van der Waals surface area contributed by atoms with E-state index in [0.29, 0.717) is 60.3 Å². The van der Waals surface area contributed by atoms with Gasteiger partial charge in [0, 0.05) is 55.3 Å². The standard InChI is InChI=1S/C40H43N5O6/c46-35-16-14-32(33-15-17-37(48)44-38(33)35)36(47)26-41-21-18-27-10-12-29(13-11-27)39(49)42-22-25-45-23-19-30(20-24-45)51-40(50)43-34-9-5-4-8-31(34)28-6-2-1-3-7-28/h1-17,30,36,41,46-47H,18-26H2,(H,42,49)(H,43,50)(H,44,48). The van der Waals surface area contributed by atoms with Crippen LogP contribution in [0.25, 0.3) is 22.0 Å². The van der Waals surface area contributed by atoms with Crippen LogP contribution in [0.3, 0.4) is 0 Å². The highest BCUT2D eigenvalue weighted by Gasteiger charge is 2.23. The Kier molecular flexibility index (Phi) is 11.7. The average molecular weight is 690 g/mol. The molecule has 1 atom stereocenters. The van der Waals surface area contributed by atoms with Crippen LogP contribution in [0.5, 0.6) is 5.75 Å². The molecule has 1 aliphatic rings. The van der Waals surface area contributed by atoms with E-state index in [1.54, 1.807) is 12.1 Å². The molecule has 6 rings (SSSR count). The SMILES string of the molecule is O=C(Nc1ccccc1-c1ccccc1)OC1CCN(CCNC(=O)c2ccc(CCNCC(O)c3ccc(O)c4[nH]c(=O)ccc34)cc2)CC1. The third-order valence-electron chi connectivity index (χ3n) is 9.18. The summed E-state index contributed by atoms with van der Waals surface area (Å²) < 4.78 is 5.75. The number of benzene rings is 4. The molecule has 1 fully saturated rings. The number of aromatic nitrogens is 1. The molecule has 11 heteroatoms. The normalized spacial score (nSPS) is 14.2. The summed E-state index contributed by atoms with van der Waals surface area (Å²) in [4.78, 5) is 42.0. The van der Waals surface area contributed by atoms with Gasteiger partial charge < -0.3 is 35.5 Å². The van der Waals surface area contributed by atoms with Crippen LogP contribution >= 0.6 is 0 Å². The van der Waals surface area contributed by atoms with Gasteiger partial charge in [0.2, 0.25) is 5.56 Å². The molecule has 0 spiro atoms. The highest BCUT2D eigenvalue weighted by atomic mass is 16.6. The lowest BCUT2D eigenvalue weighted by molar-refractivity contribution is 0.0587. The van der Waals surface area contributed by atoms with Crippen molar-refractivity contribution in [2.24, 2.45) is 0 Å². The van der Waals surface area contributed by atoms with E-state index in [1.165, 1.54) is 12.1 Å². The zero-order chi connectivity index (χ0) is 35.6. The van der Waals surface area contributed by atoms with Gasteiger partial charge in [0.05, 0.1) is 17.3 Å². The molecule has 5 aromatic rings. The minimum Gasteiger partial charge on any atom is -0.506 e. The third-order valence-corrected chi connectivity index (χ3v) is 9.18. The molecular weight excluding hydrogens is 646 g/mol. The number of nitrogens with one attached hydrogen (secondary N) is 4. The number of aliphatic hydroxyl groups excluding tert-OH is 1. The van der Waals surface area contributed by atoms with Gasteiger partial charge in [-0.15, -0.1) is 0 Å². The summed E-state index contributed by atoms with van der Waals surface area (Å²) in [7, 11) is 0. The van der Waals surface area contributed by atoms with Gasteiger partial charge in [-0.2, -0.15) is 0 Å². The number of likely N-dealkylation sites (tertiary alicyclic amines) is 1. The van der Waals surface area contributed by atoms with E-state index in [2.05, 4.69) is 25.8 Å². The first-order valence-electron chi connectivity index (χ1n) is 17.3. The summed E-state index contributed by atoms with van der Waals surface area (Å²) >= 11 is 0. The van der Waals surface area contributed by atoms with Crippen molar-refractivity contribution in [3.8, 4) is 16.9 Å². The number of aromatic hydroxyl groups is 1. The highest BCUT2D eigenvalue weighted by molar-refractivity contribution is 5.94. The van der Waals surface area contributed by atoms with Gasteiger partial charge in [-0.3, -0.25) is 14.9 Å². The van der Waals surface area contributed by atoms with Crippen molar-refractivity contribution in [3.05, 3.63) is 130 Å². The maximum absolute atomic E-state index is 12.8. The molecule has 0 bridgehead atoms. The number of hydrogen-bond acceptors (Lipinski definition) is 8.